The van der Waals surface area contributed by atoms with Crippen molar-refractivity contribution in [1.82, 2.24) is 9.97 Å². The summed E-state index contributed by atoms with van der Waals surface area (Å²) in [5, 5.41) is 0. The van der Waals surface area contributed by atoms with E-state index in [2.05, 4.69) is 14.7 Å². The number of aryl methyl sites for hydroxylation is 2. The van der Waals surface area contributed by atoms with Crippen molar-refractivity contribution < 1.29 is 8.42 Å². The van der Waals surface area contributed by atoms with Crippen LogP contribution in [0.15, 0.2) is 35.7 Å². The Labute approximate surface area is 111 Å². The fraction of sp³-hybridized carbons (Fsp3) is 0.167. The van der Waals surface area contributed by atoms with Gasteiger partial charge in [-0.1, -0.05) is 12.1 Å². The number of nitrogens with one attached hydrogen (secondary N) is 1. The second-order valence-corrected chi connectivity index (χ2v) is 5.79. The van der Waals surface area contributed by atoms with Crippen LogP contribution in [-0.2, 0) is 10.0 Å². The van der Waals surface area contributed by atoms with Gasteiger partial charge in [0.05, 0.1) is 23.8 Å². The Bertz CT molecular complexity index is 699. The minimum Gasteiger partial charge on any atom is -0.397 e. The first-order valence-corrected chi connectivity index (χ1v) is 7.03. The van der Waals surface area contributed by atoms with Crippen molar-refractivity contribution in [2.75, 3.05) is 10.5 Å². The lowest BCUT2D eigenvalue weighted by Crippen LogP contribution is -2.17. The van der Waals surface area contributed by atoms with E-state index in [1.165, 1.54) is 18.7 Å². The summed E-state index contributed by atoms with van der Waals surface area (Å²) in [7, 11) is -3.75. The fourth-order valence-electron chi connectivity index (χ4n) is 1.72. The second-order valence-electron chi connectivity index (χ2n) is 4.17. The Morgan fingerprint density at radius 3 is 2.32 bits per heavy atom. The summed E-state index contributed by atoms with van der Waals surface area (Å²) in [5.41, 5.74) is 7.73. The van der Waals surface area contributed by atoms with E-state index >= 15 is 0 Å². The molecule has 7 heteroatoms. The zero-order chi connectivity index (χ0) is 14.0. The Morgan fingerprint density at radius 1 is 1.11 bits per heavy atom. The van der Waals surface area contributed by atoms with Crippen molar-refractivity contribution >= 4 is 21.4 Å². The van der Waals surface area contributed by atoms with Crippen LogP contribution >= 0.6 is 0 Å². The molecule has 6 nitrogen and oxygen atoms in total. The van der Waals surface area contributed by atoms with E-state index in [1.807, 2.05) is 0 Å². The highest BCUT2D eigenvalue weighted by Crippen LogP contribution is 2.27. The van der Waals surface area contributed by atoms with Gasteiger partial charge < -0.3 is 5.73 Å². The normalized spacial score (nSPS) is 11.3. The Morgan fingerprint density at radius 2 is 1.68 bits per heavy atom. The number of hydrogen-bond donors (Lipinski definition) is 2. The number of anilines is 2. The molecule has 19 heavy (non-hydrogen) atoms. The van der Waals surface area contributed by atoms with E-state index in [0.717, 1.165) is 5.56 Å². The van der Waals surface area contributed by atoms with Gasteiger partial charge in [-0.2, -0.15) is 0 Å². The summed E-state index contributed by atoms with van der Waals surface area (Å²) in [5.74, 6) is 0. The first kappa shape index (κ1) is 13.3. The summed E-state index contributed by atoms with van der Waals surface area (Å²) < 4.78 is 27.1. The molecule has 0 aliphatic heterocycles. The number of sulfonamides is 1. The molecule has 0 spiro atoms. The smallest absolute Gasteiger partial charge is 0.264 e. The van der Waals surface area contributed by atoms with Gasteiger partial charge in [-0.25, -0.2) is 18.4 Å². The molecule has 2 aromatic rings. The predicted octanol–water partition coefficient (Wildman–Crippen LogP) is 1.48. The molecule has 3 N–H and O–H groups in total. The maximum absolute atomic E-state index is 12.3. The third-order valence-corrected chi connectivity index (χ3v) is 4.28. The van der Waals surface area contributed by atoms with Crippen LogP contribution < -0.4 is 10.5 Å². The van der Waals surface area contributed by atoms with E-state index in [4.69, 9.17) is 5.73 Å². The van der Waals surface area contributed by atoms with Gasteiger partial charge in [0.25, 0.3) is 10.0 Å². The minimum absolute atomic E-state index is 0.0938. The van der Waals surface area contributed by atoms with Gasteiger partial charge in [-0.05, 0) is 25.0 Å². The third-order valence-electron chi connectivity index (χ3n) is 2.69. The van der Waals surface area contributed by atoms with Gasteiger partial charge in [-0.15, -0.1) is 0 Å². The summed E-state index contributed by atoms with van der Waals surface area (Å²) in [6.07, 6.45) is 4.09. The van der Waals surface area contributed by atoms with Gasteiger partial charge in [-0.3, -0.25) is 4.72 Å². The molecule has 0 radical (unpaired) electrons. The van der Waals surface area contributed by atoms with Crippen LogP contribution in [0, 0.1) is 13.8 Å². The van der Waals surface area contributed by atoms with Crippen molar-refractivity contribution in [1.29, 1.82) is 0 Å². The quantitative estimate of drug-likeness (QED) is 0.829. The van der Waals surface area contributed by atoms with Crippen LogP contribution in [0.1, 0.15) is 11.1 Å². The van der Waals surface area contributed by atoms with E-state index in [1.54, 1.807) is 26.0 Å². The largest absolute Gasteiger partial charge is 0.397 e. The molecule has 1 heterocycles. The van der Waals surface area contributed by atoms with Gasteiger partial charge >= 0.3 is 0 Å². The maximum Gasteiger partial charge on any atom is 0.264 e. The lowest BCUT2D eigenvalue weighted by molar-refractivity contribution is 0.601. The molecule has 0 unspecified atom stereocenters. The number of hydrogen-bond acceptors (Lipinski definition) is 5. The summed E-state index contributed by atoms with van der Waals surface area (Å²) in [4.78, 5) is 7.61. The van der Waals surface area contributed by atoms with Crippen molar-refractivity contribution in [2.45, 2.75) is 18.7 Å². The molecule has 1 aromatic carbocycles. The standard InChI is InChI=1S/C12H14N4O2S/c1-8-3-4-9(2)12(11(8)13)19(17,18)16-10-5-14-7-15-6-10/h3-7,16H,13H2,1-2H3. The zero-order valence-electron chi connectivity index (χ0n) is 10.6. The summed E-state index contributed by atoms with van der Waals surface area (Å²) in [6, 6.07) is 3.51. The van der Waals surface area contributed by atoms with E-state index in [-0.39, 0.29) is 10.6 Å². The molecule has 1 aromatic heterocycles. The highest BCUT2D eigenvalue weighted by molar-refractivity contribution is 7.93. The maximum atomic E-state index is 12.3. The molecule has 0 saturated heterocycles. The molecule has 0 atom stereocenters. The topological polar surface area (TPSA) is 98.0 Å². The van der Waals surface area contributed by atoms with Crippen LogP contribution in [0.25, 0.3) is 0 Å². The lowest BCUT2D eigenvalue weighted by atomic mass is 10.1. The monoisotopic (exact) mass is 278 g/mol. The first-order chi connectivity index (χ1) is 8.92. The fourth-order valence-corrected chi connectivity index (χ4v) is 3.18. The van der Waals surface area contributed by atoms with Crippen LogP contribution in [-0.4, -0.2) is 18.4 Å². The van der Waals surface area contributed by atoms with Crippen LogP contribution in [0.4, 0.5) is 11.4 Å². The van der Waals surface area contributed by atoms with E-state index in [9.17, 15) is 8.42 Å². The highest BCUT2D eigenvalue weighted by Gasteiger charge is 2.21. The number of aromatic nitrogens is 2. The molecule has 100 valence electrons. The number of rotatable bonds is 3. The molecule has 0 aliphatic carbocycles. The number of nitrogen functional groups attached to an aromatic ring is 1. The minimum atomic E-state index is -3.75. The number of nitrogens with zero attached hydrogens (tertiary/aromatic N) is 2. The Balaban J connectivity index is 2.49. The van der Waals surface area contributed by atoms with Crippen molar-refractivity contribution in [2.24, 2.45) is 0 Å². The second kappa shape index (κ2) is 4.85. The molecule has 0 amide bonds. The van der Waals surface area contributed by atoms with Crippen LogP contribution in [0.3, 0.4) is 0 Å². The van der Waals surface area contributed by atoms with Crippen LogP contribution in [0.2, 0.25) is 0 Å². The molecular weight excluding hydrogens is 264 g/mol. The first-order valence-electron chi connectivity index (χ1n) is 5.55. The van der Waals surface area contributed by atoms with Gasteiger partial charge in [0.15, 0.2) is 0 Å². The number of benzene rings is 1. The van der Waals surface area contributed by atoms with Gasteiger partial charge in [0.2, 0.25) is 0 Å². The predicted molar refractivity (Wildman–Crippen MR) is 73.2 cm³/mol. The third kappa shape index (κ3) is 2.65. The molecule has 0 aliphatic rings. The zero-order valence-corrected chi connectivity index (χ0v) is 11.4. The lowest BCUT2D eigenvalue weighted by Gasteiger charge is -2.13. The molecule has 0 bridgehead atoms. The molecule has 2 rings (SSSR count). The van der Waals surface area contributed by atoms with E-state index < -0.39 is 10.0 Å². The van der Waals surface area contributed by atoms with Crippen molar-refractivity contribution in [3.8, 4) is 0 Å². The summed E-state index contributed by atoms with van der Waals surface area (Å²) in [6.45, 7) is 3.46. The SMILES string of the molecule is Cc1ccc(C)c(S(=O)(=O)Nc2cncnc2)c1N. The van der Waals surface area contributed by atoms with Gasteiger partial charge in [0.1, 0.15) is 11.2 Å². The molecule has 0 fully saturated rings. The Kier molecular flexibility index (Phi) is 3.39. The van der Waals surface area contributed by atoms with Gasteiger partial charge in [0, 0.05) is 0 Å². The van der Waals surface area contributed by atoms with Crippen LogP contribution in [0.5, 0.6) is 0 Å². The number of nitrogens with two attached hydrogens (primary N) is 1. The molecular formula is C12H14N4O2S. The Hall–Kier alpha value is -2.15. The van der Waals surface area contributed by atoms with Crippen molar-refractivity contribution in [3.63, 3.8) is 0 Å². The average Bonchev–Trinajstić information content (AvgIpc) is 2.35. The van der Waals surface area contributed by atoms with Crippen molar-refractivity contribution in [3.05, 3.63) is 42.0 Å². The molecule has 0 saturated carbocycles. The highest BCUT2D eigenvalue weighted by atomic mass is 32.2. The summed E-state index contributed by atoms with van der Waals surface area (Å²) >= 11 is 0. The average molecular weight is 278 g/mol. The van der Waals surface area contributed by atoms with E-state index in [0.29, 0.717) is 11.3 Å².